The van der Waals surface area contributed by atoms with Crippen LogP contribution in [0.3, 0.4) is 0 Å². The van der Waals surface area contributed by atoms with E-state index in [0.717, 1.165) is 113 Å². The maximum atomic E-state index is 11.7. The molecule has 13 aromatic carbocycles. The van der Waals surface area contributed by atoms with E-state index in [1.807, 2.05) is 133 Å². The van der Waals surface area contributed by atoms with Crippen LogP contribution in [0.4, 0.5) is 0 Å². The van der Waals surface area contributed by atoms with Gasteiger partial charge >= 0.3 is 7.12 Å². The van der Waals surface area contributed by atoms with Gasteiger partial charge in [0.2, 0.25) is 0 Å². The summed E-state index contributed by atoms with van der Waals surface area (Å²) in [7, 11) is -1.54. The fraction of sp³-hybridized carbons (Fsp3) is 0. The van der Waals surface area contributed by atoms with Crippen LogP contribution in [0.1, 0.15) is 41.4 Å². The van der Waals surface area contributed by atoms with Gasteiger partial charge in [0.25, 0.3) is 23.0 Å². The zero-order valence-corrected chi connectivity index (χ0v) is 72.5. The number of pyridine rings is 4. The number of rotatable bonds is 13. The topological polar surface area (TPSA) is 284 Å². The van der Waals surface area contributed by atoms with Crippen LogP contribution in [0.5, 0.6) is 0 Å². The molecule has 0 spiro atoms. The molecule has 0 saturated heterocycles. The minimum atomic E-state index is -1.54. The van der Waals surface area contributed by atoms with E-state index >= 15 is 0 Å². The van der Waals surface area contributed by atoms with Crippen molar-refractivity contribution in [2.45, 2.75) is 0 Å². The summed E-state index contributed by atoms with van der Waals surface area (Å²) in [5.41, 5.74) is 19.6. The number of carbonyl (C=O) groups excluding carboxylic acids is 4. The van der Waals surface area contributed by atoms with Crippen LogP contribution < -0.4 is 27.6 Å². The second-order valence-corrected chi connectivity index (χ2v) is 31.3. The van der Waals surface area contributed by atoms with Gasteiger partial charge < -0.3 is 10.0 Å². The van der Waals surface area contributed by atoms with Gasteiger partial charge in [0.05, 0.1) is 0 Å². The number of carbonyl (C=O) groups is 4. The third kappa shape index (κ3) is 21.7. The van der Waals surface area contributed by atoms with Gasteiger partial charge in [0.1, 0.15) is 0 Å². The molecule has 0 aliphatic rings. The predicted octanol–water partition coefficient (Wildman–Crippen LogP) is 21.3. The van der Waals surface area contributed by atoms with Crippen molar-refractivity contribution < 1.29 is 29.2 Å². The largest absolute Gasteiger partial charge is 0.488 e. The number of nitrogen functional groups attached to an aromatic ring is 1. The van der Waals surface area contributed by atoms with Crippen LogP contribution >= 0.6 is 75.3 Å². The van der Waals surface area contributed by atoms with E-state index in [2.05, 4.69) is 257 Å². The SMILES string of the molecule is Brc1ccc(-c2nnc(-c3ccncc3)n2-c2ccccc2)cc1.Brc1ccc(-c2nnc(-c3ccncc3)n2-c2ccccc2)cc1.NNC(=O)c1ccncc1.O=C(Cl)c1ccc(Br)cc1.O=C(NNC(=O)c1ccc(Br)cc1)c1ccncc1.OB(O)c1ccc2c(-c3ccc4ccccc4c3)c3ccccc3c(-c3ccc4ccccc4c3)c2c1. The van der Waals surface area contributed by atoms with Crippen LogP contribution in [0, 0.1) is 0 Å². The van der Waals surface area contributed by atoms with Crippen LogP contribution in [0.25, 0.3) is 122 Å². The summed E-state index contributed by atoms with van der Waals surface area (Å²) < 4.78 is 8.02. The minimum absolute atomic E-state index is 0.303. The molecule has 0 radical (unpaired) electrons. The van der Waals surface area contributed by atoms with E-state index in [0.29, 0.717) is 27.7 Å². The average Bonchev–Trinajstić information content (AvgIpc) is 0.938. The Morgan fingerprint density at radius 3 is 0.992 bits per heavy atom. The second-order valence-electron chi connectivity index (χ2n) is 27.3. The van der Waals surface area contributed by atoms with E-state index < -0.39 is 18.3 Å². The molecule has 606 valence electrons. The molecular weight excluding hydrogens is 1840 g/mol. The van der Waals surface area contributed by atoms with Crippen molar-refractivity contribution in [2.24, 2.45) is 5.84 Å². The molecule has 6 heterocycles. The average molecular weight is 1910 g/mol. The highest BCUT2D eigenvalue weighted by Crippen LogP contribution is 2.45. The van der Waals surface area contributed by atoms with E-state index in [1.165, 1.54) is 51.7 Å². The number of halogens is 5. The van der Waals surface area contributed by atoms with E-state index in [-0.39, 0.29) is 11.8 Å². The standard InChI is InChI=1S/C34H23BO2.2C19H13BrN4.C13H10BrN3O2.C7H4BrClO.C6H7N3O/c36-35(37)28-17-18-31-32(21-28)34(27-16-14-23-8-2-4-10-25(23)20-27)30-12-6-5-11-29(30)33(31)26-15-13-22-7-1-3-9-24(22)19-26;2*20-16-8-6-14(7-9-16)18-22-23-19(15-10-12-21-13-11-15)24(18)17-4-2-1-3-5-17;14-11-3-1-9(2-4-11)12(18)16-17-13(19)10-5-7-15-8-6-10;8-6-3-1-5(2-4-6)7(9)10;7-9-6(10)5-1-3-8-4-2-5/h1-21,36-37H;2*1-13H;1-8H,(H,16,18)(H,17,19);1-4H;1-4H,7H2,(H,9,10). The van der Waals surface area contributed by atoms with Crippen LogP contribution in [-0.4, -0.2) is 89.6 Å². The van der Waals surface area contributed by atoms with Crippen molar-refractivity contribution in [1.82, 2.24) is 65.7 Å². The van der Waals surface area contributed by atoms with Gasteiger partial charge in [-0.15, -0.1) is 20.4 Å². The second kappa shape index (κ2) is 42.0. The first-order valence-electron chi connectivity index (χ1n) is 38.3. The lowest BCUT2D eigenvalue weighted by Gasteiger charge is -2.19. The molecule has 6 aromatic heterocycles. The number of hydrogen-bond donors (Lipinski definition) is 6. The number of nitrogens with two attached hydrogens (primary N) is 1. The number of aromatic nitrogens is 10. The Kier molecular flexibility index (Phi) is 29.3. The molecule has 0 saturated carbocycles. The number of amides is 3. The van der Waals surface area contributed by atoms with Crippen molar-refractivity contribution >= 4 is 154 Å². The molecule has 19 aromatic rings. The Morgan fingerprint density at radius 2 is 0.613 bits per heavy atom. The summed E-state index contributed by atoms with van der Waals surface area (Å²) in [6, 6.07) is 108. The summed E-state index contributed by atoms with van der Waals surface area (Å²) in [6.45, 7) is 0. The van der Waals surface area contributed by atoms with Gasteiger partial charge in [-0.2, -0.15) is 0 Å². The van der Waals surface area contributed by atoms with Crippen molar-refractivity contribution in [3.63, 3.8) is 0 Å². The maximum Gasteiger partial charge on any atom is 0.488 e. The molecule has 0 aliphatic carbocycles. The third-order valence-electron chi connectivity index (χ3n) is 19.3. The minimum Gasteiger partial charge on any atom is -0.423 e. The molecule has 124 heavy (non-hydrogen) atoms. The molecule has 0 bridgehead atoms. The number of fused-ring (bicyclic) bond motifs is 4. The van der Waals surface area contributed by atoms with Gasteiger partial charge in [-0.05, 0) is 240 Å². The molecule has 0 unspecified atom stereocenters. The smallest absolute Gasteiger partial charge is 0.423 e. The first kappa shape index (κ1) is 86.4. The summed E-state index contributed by atoms with van der Waals surface area (Å²) in [4.78, 5) is 60.4. The molecule has 3 amide bonds. The van der Waals surface area contributed by atoms with Gasteiger partial charge in [-0.1, -0.05) is 240 Å². The van der Waals surface area contributed by atoms with E-state index in [1.54, 1.807) is 97.6 Å². The van der Waals surface area contributed by atoms with Gasteiger partial charge in [0, 0.05) is 123 Å². The quantitative estimate of drug-likeness (QED) is 0.0156. The van der Waals surface area contributed by atoms with Crippen molar-refractivity contribution in [3.05, 3.63) is 423 Å². The molecule has 0 atom stereocenters. The van der Waals surface area contributed by atoms with Gasteiger partial charge in [0.15, 0.2) is 23.3 Å². The number of para-hydroxylation sites is 2. The van der Waals surface area contributed by atoms with E-state index in [9.17, 15) is 29.2 Å². The highest BCUT2D eigenvalue weighted by Gasteiger charge is 2.23. The monoisotopic (exact) mass is 1900 g/mol. The molecule has 19 rings (SSSR count). The fourth-order valence-corrected chi connectivity index (χ4v) is 14.5. The zero-order valence-electron chi connectivity index (χ0n) is 65.4. The maximum absolute atomic E-state index is 11.7. The van der Waals surface area contributed by atoms with Crippen LogP contribution in [0.15, 0.2) is 401 Å². The molecule has 0 aliphatic heterocycles. The first-order chi connectivity index (χ1) is 60.5. The number of nitrogens with one attached hydrogen (secondary N) is 3. The van der Waals surface area contributed by atoms with Crippen molar-refractivity contribution in [1.29, 1.82) is 0 Å². The van der Waals surface area contributed by atoms with Gasteiger partial charge in [-0.3, -0.25) is 64.5 Å². The lowest BCUT2D eigenvalue weighted by Crippen LogP contribution is -2.41. The Hall–Kier alpha value is -14.0. The summed E-state index contributed by atoms with van der Waals surface area (Å²) >= 11 is 18.7. The Balaban J connectivity index is 0.000000128. The van der Waals surface area contributed by atoms with Crippen LogP contribution in [-0.2, 0) is 0 Å². The Morgan fingerprint density at radius 1 is 0.306 bits per heavy atom. The Bertz CT molecular complexity index is 6730. The summed E-state index contributed by atoms with van der Waals surface area (Å²) in [5.74, 6) is 7.00. The number of benzene rings is 13. The van der Waals surface area contributed by atoms with E-state index in [4.69, 9.17) is 17.4 Å². The normalized spacial score (nSPS) is 10.5. The zero-order chi connectivity index (χ0) is 86.3. The molecule has 0 fully saturated rings. The fourth-order valence-electron chi connectivity index (χ4n) is 13.4. The highest BCUT2D eigenvalue weighted by atomic mass is 79.9. The number of nitrogens with zero attached hydrogens (tertiary/aromatic N) is 10. The van der Waals surface area contributed by atoms with Gasteiger partial charge in [-0.25, -0.2) is 5.84 Å². The van der Waals surface area contributed by atoms with Crippen molar-refractivity contribution in [3.8, 4) is 79.2 Å². The Labute approximate surface area is 751 Å². The van der Waals surface area contributed by atoms with Crippen LogP contribution in [0.2, 0.25) is 0 Å². The highest BCUT2D eigenvalue weighted by molar-refractivity contribution is 9.11. The molecule has 20 nitrogen and oxygen atoms in total. The summed E-state index contributed by atoms with van der Waals surface area (Å²) in [5, 5.41) is 46.6. The molecule has 7 N–H and O–H groups in total. The first-order valence-corrected chi connectivity index (χ1v) is 41.9. The number of hydrogen-bond acceptors (Lipinski definition) is 15. The third-order valence-corrected chi connectivity index (χ3v) is 21.7. The predicted molar refractivity (Wildman–Crippen MR) is 506 cm³/mol. The molecule has 26 heteroatoms. The summed E-state index contributed by atoms with van der Waals surface area (Å²) in [6.07, 6.45) is 13.1. The number of hydrazine groups is 2. The lowest BCUT2D eigenvalue weighted by molar-refractivity contribution is 0.0846. The van der Waals surface area contributed by atoms with Crippen molar-refractivity contribution in [2.75, 3.05) is 0 Å². The molecular formula is C98H70BBr4ClN14O6. The lowest BCUT2D eigenvalue weighted by atomic mass is 9.77.